The van der Waals surface area contributed by atoms with Crippen molar-refractivity contribution in [3.63, 3.8) is 0 Å². The summed E-state index contributed by atoms with van der Waals surface area (Å²) in [4.78, 5) is 11.4. The van der Waals surface area contributed by atoms with Gasteiger partial charge in [-0.05, 0) is 25.7 Å². The molecule has 0 aromatic carbocycles. The van der Waals surface area contributed by atoms with Crippen molar-refractivity contribution in [1.82, 2.24) is 5.32 Å². The minimum atomic E-state index is -0.606. The molecule has 0 amide bonds. The van der Waals surface area contributed by atoms with Crippen molar-refractivity contribution in [3.05, 3.63) is 0 Å². The largest absolute Gasteiger partial charge is 0.481 e. The molecule has 1 rings (SSSR count). The lowest BCUT2D eigenvalue weighted by Crippen LogP contribution is -2.45. The molecule has 0 bridgehead atoms. The predicted octanol–water partition coefficient (Wildman–Crippen LogP) is 2.80. The van der Waals surface area contributed by atoms with Crippen LogP contribution in [0, 0.1) is 5.41 Å². The Labute approximate surface area is 98.6 Å². The Balaban J connectivity index is 2.53. The van der Waals surface area contributed by atoms with Crippen LogP contribution >= 0.6 is 0 Å². The molecular formula is C13H25NO2. The molecule has 2 N–H and O–H groups in total. The third kappa shape index (κ3) is 3.21. The lowest BCUT2D eigenvalue weighted by Gasteiger charge is -2.34. The number of hydrogen-bond acceptors (Lipinski definition) is 2. The number of rotatable bonds is 6. The fourth-order valence-electron chi connectivity index (χ4n) is 2.61. The molecule has 0 heterocycles. The van der Waals surface area contributed by atoms with Gasteiger partial charge in [0.25, 0.3) is 0 Å². The number of nitrogens with one attached hydrogen (secondary N) is 1. The molecule has 0 unspecified atom stereocenters. The van der Waals surface area contributed by atoms with Gasteiger partial charge >= 0.3 is 5.97 Å². The van der Waals surface area contributed by atoms with Crippen LogP contribution in [-0.2, 0) is 4.79 Å². The Hall–Kier alpha value is -0.570. The molecule has 1 aliphatic rings. The molecule has 1 saturated carbocycles. The van der Waals surface area contributed by atoms with Crippen LogP contribution in [-0.4, -0.2) is 23.7 Å². The Morgan fingerprint density at radius 3 is 2.25 bits per heavy atom. The maximum atomic E-state index is 11.4. The van der Waals surface area contributed by atoms with Crippen LogP contribution in [0.2, 0.25) is 0 Å². The van der Waals surface area contributed by atoms with Crippen molar-refractivity contribution in [1.29, 1.82) is 0 Å². The third-order valence-electron chi connectivity index (χ3n) is 3.98. The standard InChI is InChI=1S/C13H25NO2/c1-3-11(4-2)14-10-13(12(15)16)8-6-5-7-9-13/h11,14H,3-10H2,1-2H3,(H,15,16). The number of carboxylic acid groups (broad SMARTS) is 1. The average molecular weight is 227 g/mol. The highest BCUT2D eigenvalue weighted by atomic mass is 16.4. The Bertz CT molecular complexity index is 218. The van der Waals surface area contributed by atoms with Crippen LogP contribution in [0.1, 0.15) is 58.8 Å². The summed E-state index contributed by atoms with van der Waals surface area (Å²) in [5.74, 6) is -0.606. The van der Waals surface area contributed by atoms with E-state index in [0.29, 0.717) is 12.6 Å². The number of carbonyl (C=O) groups is 1. The highest BCUT2D eigenvalue weighted by Gasteiger charge is 2.39. The van der Waals surface area contributed by atoms with Crippen molar-refractivity contribution in [2.45, 2.75) is 64.8 Å². The topological polar surface area (TPSA) is 49.3 Å². The van der Waals surface area contributed by atoms with Crippen molar-refractivity contribution in [2.75, 3.05) is 6.54 Å². The van der Waals surface area contributed by atoms with Gasteiger partial charge in [0.2, 0.25) is 0 Å². The van der Waals surface area contributed by atoms with Gasteiger partial charge in [-0.15, -0.1) is 0 Å². The molecule has 0 atom stereocenters. The monoisotopic (exact) mass is 227 g/mol. The molecule has 0 aromatic heterocycles. The van der Waals surface area contributed by atoms with Crippen molar-refractivity contribution in [3.8, 4) is 0 Å². The van der Waals surface area contributed by atoms with Gasteiger partial charge in [0.1, 0.15) is 0 Å². The van der Waals surface area contributed by atoms with E-state index in [0.717, 1.165) is 38.5 Å². The van der Waals surface area contributed by atoms with E-state index < -0.39 is 11.4 Å². The van der Waals surface area contributed by atoms with Crippen molar-refractivity contribution >= 4 is 5.97 Å². The molecule has 0 spiro atoms. The summed E-state index contributed by atoms with van der Waals surface area (Å²) in [5, 5.41) is 12.8. The normalized spacial score (nSPS) is 19.9. The van der Waals surface area contributed by atoms with E-state index in [-0.39, 0.29) is 0 Å². The predicted molar refractivity (Wildman–Crippen MR) is 65.5 cm³/mol. The first-order valence-electron chi connectivity index (χ1n) is 6.61. The third-order valence-corrected chi connectivity index (χ3v) is 3.98. The van der Waals surface area contributed by atoms with Gasteiger partial charge in [0.05, 0.1) is 5.41 Å². The van der Waals surface area contributed by atoms with Gasteiger partial charge in [-0.25, -0.2) is 0 Å². The summed E-state index contributed by atoms with van der Waals surface area (Å²) in [6.45, 7) is 4.94. The van der Waals surface area contributed by atoms with E-state index in [1.807, 2.05) is 0 Å². The van der Waals surface area contributed by atoms with Crippen LogP contribution in [0.3, 0.4) is 0 Å². The zero-order chi connectivity index (χ0) is 12.0. The average Bonchev–Trinajstić information content (AvgIpc) is 2.31. The van der Waals surface area contributed by atoms with Crippen LogP contribution in [0.4, 0.5) is 0 Å². The van der Waals surface area contributed by atoms with Gasteiger partial charge in [-0.1, -0.05) is 33.1 Å². The molecule has 0 radical (unpaired) electrons. The van der Waals surface area contributed by atoms with Crippen molar-refractivity contribution in [2.24, 2.45) is 5.41 Å². The second-order valence-corrected chi connectivity index (χ2v) is 5.04. The van der Waals surface area contributed by atoms with Gasteiger partial charge in [-0.3, -0.25) is 4.79 Å². The molecule has 94 valence electrons. The second-order valence-electron chi connectivity index (χ2n) is 5.04. The Morgan fingerprint density at radius 2 is 1.81 bits per heavy atom. The molecule has 3 nitrogen and oxygen atoms in total. The summed E-state index contributed by atoms with van der Waals surface area (Å²) in [7, 11) is 0. The number of carboxylic acids is 1. The maximum Gasteiger partial charge on any atom is 0.310 e. The van der Waals surface area contributed by atoms with Crippen molar-refractivity contribution < 1.29 is 9.90 Å². The molecular weight excluding hydrogens is 202 g/mol. The summed E-state index contributed by atoms with van der Waals surface area (Å²) in [5.41, 5.74) is -0.485. The van der Waals surface area contributed by atoms with E-state index in [1.165, 1.54) is 6.42 Å². The van der Waals surface area contributed by atoms with E-state index >= 15 is 0 Å². The maximum absolute atomic E-state index is 11.4. The summed E-state index contributed by atoms with van der Waals surface area (Å²) < 4.78 is 0. The molecule has 0 aliphatic heterocycles. The molecule has 1 fully saturated rings. The highest BCUT2D eigenvalue weighted by molar-refractivity contribution is 5.75. The summed E-state index contributed by atoms with van der Waals surface area (Å²) in [6.07, 6.45) is 7.16. The molecule has 3 heteroatoms. The minimum Gasteiger partial charge on any atom is -0.481 e. The van der Waals surface area contributed by atoms with Gasteiger partial charge in [0, 0.05) is 12.6 Å². The SMILES string of the molecule is CCC(CC)NCC1(C(=O)O)CCCCC1. The fraction of sp³-hybridized carbons (Fsp3) is 0.923. The Morgan fingerprint density at radius 1 is 1.25 bits per heavy atom. The van der Waals surface area contributed by atoms with Crippen LogP contribution in [0.15, 0.2) is 0 Å². The van der Waals surface area contributed by atoms with E-state index in [4.69, 9.17) is 0 Å². The van der Waals surface area contributed by atoms with Crippen LogP contribution in [0.25, 0.3) is 0 Å². The van der Waals surface area contributed by atoms with E-state index in [1.54, 1.807) is 0 Å². The molecule has 1 aliphatic carbocycles. The zero-order valence-electron chi connectivity index (χ0n) is 10.6. The zero-order valence-corrected chi connectivity index (χ0v) is 10.6. The van der Waals surface area contributed by atoms with Gasteiger partial charge in [0.15, 0.2) is 0 Å². The smallest absolute Gasteiger partial charge is 0.310 e. The van der Waals surface area contributed by atoms with E-state index in [9.17, 15) is 9.90 Å². The highest BCUT2D eigenvalue weighted by Crippen LogP contribution is 2.36. The minimum absolute atomic E-state index is 0.471. The lowest BCUT2D eigenvalue weighted by atomic mass is 9.74. The summed E-state index contributed by atoms with van der Waals surface area (Å²) >= 11 is 0. The first kappa shape index (κ1) is 13.5. The van der Waals surface area contributed by atoms with E-state index in [2.05, 4.69) is 19.2 Å². The van der Waals surface area contributed by atoms with Gasteiger partial charge < -0.3 is 10.4 Å². The van der Waals surface area contributed by atoms with Gasteiger partial charge in [-0.2, -0.15) is 0 Å². The second kappa shape index (κ2) is 6.24. The van der Waals surface area contributed by atoms with Crippen LogP contribution in [0.5, 0.6) is 0 Å². The number of hydrogen-bond donors (Lipinski definition) is 2. The Kier molecular flexibility index (Phi) is 5.26. The van der Waals surface area contributed by atoms with Crippen LogP contribution < -0.4 is 5.32 Å². The quantitative estimate of drug-likeness (QED) is 0.733. The fourth-order valence-corrected chi connectivity index (χ4v) is 2.61. The molecule has 16 heavy (non-hydrogen) atoms. The molecule has 0 saturated heterocycles. The summed E-state index contributed by atoms with van der Waals surface area (Å²) in [6, 6.07) is 0.471. The first-order valence-corrected chi connectivity index (χ1v) is 6.61. The molecule has 0 aromatic rings. The lowest BCUT2D eigenvalue weighted by molar-refractivity contribution is -0.150. The number of aliphatic carboxylic acids is 1. The first-order chi connectivity index (χ1) is 7.64.